The smallest absolute Gasteiger partial charge is 0.321 e. The number of hydrogen-bond acceptors (Lipinski definition) is 3. The van der Waals surface area contributed by atoms with Crippen molar-refractivity contribution < 1.29 is 9.90 Å². The molecule has 0 radical (unpaired) electrons. The molecule has 0 aliphatic heterocycles. The minimum absolute atomic E-state index is 0.138. The Kier molecular flexibility index (Phi) is 5.37. The third-order valence-corrected chi connectivity index (χ3v) is 5.02. The minimum Gasteiger partial charge on any atom is -0.480 e. The molecule has 22 heavy (non-hydrogen) atoms. The van der Waals surface area contributed by atoms with Crippen molar-refractivity contribution in [3.05, 3.63) is 57.8 Å². The van der Waals surface area contributed by atoms with Gasteiger partial charge in [-0.15, -0.1) is 11.3 Å². The van der Waals surface area contributed by atoms with Crippen molar-refractivity contribution >= 4 is 17.3 Å². The highest BCUT2D eigenvalue weighted by Crippen LogP contribution is 2.29. The van der Waals surface area contributed by atoms with Gasteiger partial charge in [0.1, 0.15) is 6.04 Å². The van der Waals surface area contributed by atoms with E-state index in [1.807, 2.05) is 30.3 Å². The van der Waals surface area contributed by atoms with E-state index >= 15 is 0 Å². The number of hydrogen-bond donors (Lipinski definition) is 2. The van der Waals surface area contributed by atoms with Gasteiger partial charge < -0.3 is 5.11 Å². The maximum atomic E-state index is 11.4. The van der Waals surface area contributed by atoms with E-state index in [0.717, 1.165) is 5.56 Å². The molecule has 3 nitrogen and oxygen atoms in total. The Hall–Kier alpha value is -1.65. The molecule has 1 aromatic heterocycles. The molecule has 1 atom stereocenters. The molecule has 0 unspecified atom stereocenters. The van der Waals surface area contributed by atoms with Crippen molar-refractivity contribution in [1.29, 1.82) is 0 Å². The number of thiophene rings is 1. The molecule has 0 aliphatic rings. The first-order chi connectivity index (χ1) is 10.4. The summed E-state index contributed by atoms with van der Waals surface area (Å²) in [7, 11) is 0. The number of benzene rings is 1. The van der Waals surface area contributed by atoms with Crippen LogP contribution >= 0.6 is 11.3 Å². The number of carboxylic acid groups (broad SMARTS) is 1. The molecule has 2 N–H and O–H groups in total. The van der Waals surface area contributed by atoms with E-state index < -0.39 is 12.0 Å². The highest BCUT2D eigenvalue weighted by Gasteiger charge is 2.19. The van der Waals surface area contributed by atoms with Gasteiger partial charge in [0.15, 0.2) is 0 Å². The van der Waals surface area contributed by atoms with E-state index in [9.17, 15) is 9.90 Å². The maximum Gasteiger partial charge on any atom is 0.321 e. The monoisotopic (exact) mass is 317 g/mol. The standard InChI is InChI=1S/C18H23NO2S/c1-18(2,3)16-10-9-14(22-16)12-19-15(17(20)21)11-13-7-5-4-6-8-13/h4-10,15,19H,11-12H2,1-3H3,(H,20,21)/t15-/m0/s1. The van der Waals surface area contributed by atoms with Crippen molar-refractivity contribution in [2.45, 2.75) is 45.2 Å². The van der Waals surface area contributed by atoms with Crippen LogP contribution in [0.5, 0.6) is 0 Å². The van der Waals surface area contributed by atoms with Gasteiger partial charge in [0, 0.05) is 16.3 Å². The summed E-state index contributed by atoms with van der Waals surface area (Å²) in [5.41, 5.74) is 1.17. The van der Waals surface area contributed by atoms with Gasteiger partial charge >= 0.3 is 5.97 Å². The zero-order valence-electron chi connectivity index (χ0n) is 13.3. The van der Waals surface area contributed by atoms with Crippen LogP contribution in [0.2, 0.25) is 0 Å². The first kappa shape index (κ1) is 16.7. The highest BCUT2D eigenvalue weighted by atomic mass is 32.1. The lowest BCUT2D eigenvalue weighted by molar-refractivity contribution is -0.139. The molecule has 0 spiro atoms. The van der Waals surface area contributed by atoms with Crippen molar-refractivity contribution in [2.75, 3.05) is 0 Å². The quantitative estimate of drug-likeness (QED) is 0.851. The third-order valence-electron chi connectivity index (χ3n) is 3.50. The van der Waals surface area contributed by atoms with E-state index in [1.54, 1.807) is 11.3 Å². The van der Waals surface area contributed by atoms with Crippen LogP contribution in [-0.2, 0) is 23.2 Å². The Morgan fingerprint density at radius 2 is 1.86 bits per heavy atom. The Labute approximate surface area is 136 Å². The lowest BCUT2D eigenvalue weighted by Gasteiger charge is -2.16. The normalized spacial score (nSPS) is 13.0. The number of aliphatic carboxylic acids is 1. The zero-order chi connectivity index (χ0) is 16.2. The van der Waals surface area contributed by atoms with E-state index in [4.69, 9.17) is 0 Å². The second-order valence-corrected chi connectivity index (χ2v) is 7.65. The summed E-state index contributed by atoms with van der Waals surface area (Å²) in [4.78, 5) is 13.9. The second kappa shape index (κ2) is 7.07. The Morgan fingerprint density at radius 1 is 1.18 bits per heavy atom. The topological polar surface area (TPSA) is 49.3 Å². The summed E-state index contributed by atoms with van der Waals surface area (Å²) >= 11 is 1.74. The first-order valence-electron chi connectivity index (χ1n) is 7.45. The van der Waals surface area contributed by atoms with Crippen LogP contribution in [-0.4, -0.2) is 17.1 Å². The second-order valence-electron chi connectivity index (χ2n) is 6.48. The predicted molar refractivity (Wildman–Crippen MR) is 91.4 cm³/mol. The van der Waals surface area contributed by atoms with Gasteiger partial charge in [-0.05, 0) is 29.5 Å². The van der Waals surface area contributed by atoms with Crippen LogP contribution in [0, 0.1) is 0 Å². The van der Waals surface area contributed by atoms with Crippen molar-refractivity contribution in [2.24, 2.45) is 0 Å². The molecule has 0 amide bonds. The van der Waals surface area contributed by atoms with Crippen molar-refractivity contribution in [3.63, 3.8) is 0 Å². The molecule has 4 heteroatoms. The average molecular weight is 317 g/mol. The largest absolute Gasteiger partial charge is 0.480 e. The molecule has 0 bridgehead atoms. The fourth-order valence-corrected chi connectivity index (χ4v) is 3.21. The summed E-state index contributed by atoms with van der Waals surface area (Å²) in [5.74, 6) is -0.809. The van der Waals surface area contributed by atoms with Gasteiger partial charge in [0.2, 0.25) is 0 Å². The van der Waals surface area contributed by atoms with Crippen LogP contribution in [0.3, 0.4) is 0 Å². The molecular formula is C18H23NO2S. The third kappa shape index (κ3) is 4.68. The fourth-order valence-electron chi connectivity index (χ4n) is 2.20. The molecule has 1 aromatic carbocycles. The van der Waals surface area contributed by atoms with Crippen molar-refractivity contribution in [3.8, 4) is 0 Å². The Balaban J connectivity index is 1.97. The summed E-state index contributed by atoms with van der Waals surface area (Å²) in [6, 6.07) is 13.4. The van der Waals surface area contributed by atoms with Crippen LogP contribution in [0.1, 0.15) is 36.1 Å². The fraction of sp³-hybridized carbons (Fsp3) is 0.389. The SMILES string of the molecule is CC(C)(C)c1ccc(CN[C@@H](Cc2ccccc2)C(=O)O)s1. The molecule has 0 fully saturated rings. The van der Waals surface area contributed by atoms with Crippen LogP contribution in [0.15, 0.2) is 42.5 Å². The Morgan fingerprint density at radius 3 is 2.41 bits per heavy atom. The average Bonchev–Trinajstić information content (AvgIpc) is 2.93. The molecular weight excluding hydrogens is 294 g/mol. The van der Waals surface area contributed by atoms with Gasteiger partial charge in [-0.1, -0.05) is 51.1 Å². The number of nitrogens with one attached hydrogen (secondary N) is 1. The zero-order valence-corrected chi connectivity index (χ0v) is 14.1. The molecule has 0 aliphatic carbocycles. The van der Waals surface area contributed by atoms with E-state index in [0.29, 0.717) is 13.0 Å². The van der Waals surface area contributed by atoms with E-state index in [2.05, 4.69) is 38.2 Å². The van der Waals surface area contributed by atoms with Gasteiger partial charge in [-0.25, -0.2) is 0 Å². The summed E-state index contributed by atoms with van der Waals surface area (Å²) < 4.78 is 0. The first-order valence-corrected chi connectivity index (χ1v) is 8.27. The van der Waals surface area contributed by atoms with Gasteiger partial charge in [0.05, 0.1) is 0 Å². The lowest BCUT2D eigenvalue weighted by atomic mass is 9.95. The predicted octanol–water partition coefficient (Wildman–Crippen LogP) is 3.83. The lowest BCUT2D eigenvalue weighted by Crippen LogP contribution is -2.37. The van der Waals surface area contributed by atoms with E-state index in [-0.39, 0.29) is 5.41 Å². The van der Waals surface area contributed by atoms with Crippen LogP contribution in [0.4, 0.5) is 0 Å². The summed E-state index contributed by atoms with van der Waals surface area (Å²) in [5, 5.41) is 12.5. The van der Waals surface area contributed by atoms with E-state index in [1.165, 1.54) is 9.75 Å². The van der Waals surface area contributed by atoms with Crippen molar-refractivity contribution in [1.82, 2.24) is 5.32 Å². The van der Waals surface area contributed by atoms with Gasteiger partial charge in [-0.2, -0.15) is 0 Å². The minimum atomic E-state index is -0.809. The number of rotatable bonds is 6. The molecule has 118 valence electrons. The Bertz CT molecular complexity index is 614. The summed E-state index contributed by atoms with van der Waals surface area (Å²) in [6.07, 6.45) is 0.494. The molecule has 0 saturated carbocycles. The number of carboxylic acids is 1. The van der Waals surface area contributed by atoms with Crippen LogP contribution < -0.4 is 5.32 Å². The molecule has 1 heterocycles. The summed E-state index contributed by atoms with van der Waals surface area (Å²) in [6.45, 7) is 7.15. The van der Waals surface area contributed by atoms with Crippen LogP contribution in [0.25, 0.3) is 0 Å². The van der Waals surface area contributed by atoms with Gasteiger partial charge in [-0.3, -0.25) is 10.1 Å². The maximum absolute atomic E-state index is 11.4. The molecule has 0 saturated heterocycles. The molecule has 2 aromatic rings. The number of carbonyl (C=O) groups is 1. The molecule has 2 rings (SSSR count). The highest BCUT2D eigenvalue weighted by molar-refractivity contribution is 7.12. The van der Waals surface area contributed by atoms with Gasteiger partial charge in [0.25, 0.3) is 0 Å².